The molecule has 0 bridgehead atoms. The number of carbonyl (C=O) groups is 1. The highest BCUT2D eigenvalue weighted by atomic mass is 79.9. The monoisotopic (exact) mass is 301 g/mol. The Kier molecular flexibility index (Phi) is 3.54. The maximum atomic E-state index is 11.0. The predicted molar refractivity (Wildman–Crippen MR) is 64.3 cm³/mol. The summed E-state index contributed by atoms with van der Waals surface area (Å²) < 4.78 is 11.6. The van der Waals surface area contributed by atoms with Crippen LogP contribution < -0.4 is 15.2 Å². The molecule has 0 saturated carbocycles. The first kappa shape index (κ1) is 12.2. The van der Waals surface area contributed by atoms with Crippen molar-refractivity contribution in [2.45, 2.75) is 12.5 Å². The number of nitrogens with two attached hydrogens (primary N) is 1. The second kappa shape index (κ2) is 4.93. The molecule has 1 aliphatic rings. The van der Waals surface area contributed by atoms with Gasteiger partial charge in [0.2, 0.25) is 0 Å². The van der Waals surface area contributed by atoms with Gasteiger partial charge >= 0.3 is 5.97 Å². The Morgan fingerprint density at radius 2 is 2.12 bits per heavy atom. The van der Waals surface area contributed by atoms with Crippen molar-refractivity contribution in [3.63, 3.8) is 0 Å². The largest absolute Gasteiger partial charge is 0.490 e. The van der Waals surface area contributed by atoms with Gasteiger partial charge in [-0.25, -0.2) is 0 Å². The van der Waals surface area contributed by atoms with Gasteiger partial charge < -0.3 is 20.3 Å². The van der Waals surface area contributed by atoms with Gasteiger partial charge in [-0.3, -0.25) is 4.79 Å². The number of fused-ring (bicyclic) bond motifs is 1. The first-order chi connectivity index (χ1) is 8.11. The molecule has 1 atom stereocenters. The summed E-state index contributed by atoms with van der Waals surface area (Å²) in [4.78, 5) is 11.0. The van der Waals surface area contributed by atoms with E-state index >= 15 is 0 Å². The summed E-state index contributed by atoms with van der Waals surface area (Å²) in [6.07, 6.45) is 0.758. The fraction of sp³-hybridized carbons (Fsp3) is 0.364. The molecule has 0 amide bonds. The second-order valence-corrected chi connectivity index (χ2v) is 4.51. The number of hydrogen-bond donors (Lipinski definition) is 2. The maximum absolute atomic E-state index is 11.0. The Balaban J connectivity index is 2.52. The number of ether oxygens (including phenoxy) is 2. The number of aliphatic carboxylic acids is 1. The molecule has 1 aromatic rings. The van der Waals surface area contributed by atoms with Gasteiger partial charge in [0.15, 0.2) is 11.5 Å². The molecule has 1 heterocycles. The highest BCUT2D eigenvalue weighted by Gasteiger charge is 2.26. The molecule has 3 N–H and O–H groups in total. The molecular formula is C11H12BrNO4. The molecule has 6 heteroatoms. The molecule has 0 aliphatic carbocycles. The van der Waals surface area contributed by atoms with E-state index in [2.05, 4.69) is 15.9 Å². The fourth-order valence-electron chi connectivity index (χ4n) is 1.65. The van der Waals surface area contributed by atoms with E-state index in [4.69, 9.17) is 20.3 Å². The van der Waals surface area contributed by atoms with Crippen LogP contribution in [0.1, 0.15) is 18.0 Å². The molecule has 2 rings (SSSR count). The van der Waals surface area contributed by atoms with E-state index < -0.39 is 12.0 Å². The van der Waals surface area contributed by atoms with Crippen LogP contribution in [-0.4, -0.2) is 24.3 Å². The zero-order chi connectivity index (χ0) is 12.4. The standard InChI is InChI=1S/C11H12BrNO4/c12-6-2-3-7-10(17-5-1-4-16-7)8(6)9(13)11(14)15/h2-3,9H,1,4-5,13H2,(H,14,15). The molecule has 0 fully saturated rings. The van der Waals surface area contributed by atoms with Crippen molar-refractivity contribution in [2.24, 2.45) is 5.73 Å². The van der Waals surface area contributed by atoms with Gasteiger partial charge in [0.05, 0.1) is 13.2 Å². The number of benzene rings is 1. The van der Waals surface area contributed by atoms with Crippen LogP contribution in [0.15, 0.2) is 16.6 Å². The van der Waals surface area contributed by atoms with Crippen molar-refractivity contribution in [1.29, 1.82) is 0 Å². The van der Waals surface area contributed by atoms with Crippen LogP contribution in [0, 0.1) is 0 Å². The van der Waals surface area contributed by atoms with Gasteiger partial charge in [-0.05, 0) is 12.1 Å². The van der Waals surface area contributed by atoms with Crippen LogP contribution in [0.3, 0.4) is 0 Å². The third-order valence-electron chi connectivity index (χ3n) is 2.48. The maximum Gasteiger partial charge on any atom is 0.325 e. The fourth-order valence-corrected chi connectivity index (χ4v) is 2.21. The van der Waals surface area contributed by atoms with Crippen LogP contribution in [0.4, 0.5) is 0 Å². The van der Waals surface area contributed by atoms with E-state index in [1.165, 1.54) is 0 Å². The average Bonchev–Trinajstić information content (AvgIpc) is 2.53. The summed E-state index contributed by atoms with van der Waals surface area (Å²) in [6, 6.07) is 2.31. The molecule has 1 aromatic carbocycles. The van der Waals surface area contributed by atoms with E-state index in [-0.39, 0.29) is 0 Å². The van der Waals surface area contributed by atoms with E-state index in [1.807, 2.05) is 0 Å². The minimum atomic E-state index is -1.14. The molecule has 1 unspecified atom stereocenters. The van der Waals surface area contributed by atoms with Gasteiger partial charge in [-0.15, -0.1) is 0 Å². The summed E-state index contributed by atoms with van der Waals surface area (Å²) in [5.41, 5.74) is 6.06. The number of carboxylic acid groups (broad SMARTS) is 1. The molecule has 0 radical (unpaired) electrons. The quantitative estimate of drug-likeness (QED) is 0.869. The van der Waals surface area contributed by atoms with Crippen LogP contribution in [-0.2, 0) is 4.79 Å². The van der Waals surface area contributed by atoms with Gasteiger partial charge in [0, 0.05) is 16.5 Å². The first-order valence-corrected chi connectivity index (χ1v) is 5.97. The van der Waals surface area contributed by atoms with E-state index in [1.54, 1.807) is 12.1 Å². The molecule has 17 heavy (non-hydrogen) atoms. The summed E-state index contributed by atoms with van der Waals surface area (Å²) in [5, 5.41) is 8.99. The lowest BCUT2D eigenvalue weighted by Crippen LogP contribution is -2.22. The second-order valence-electron chi connectivity index (χ2n) is 3.65. The molecule has 1 aliphatic heterocycles. The summed E-state index contributed by atoms with van der Waals surface area (Å²) >= 11 is 3.29. The lowest BCUT2D eigenvalue weighted by Gasteiger charge is -2.16. The third kappa shape index (κ3) is 2.37. The Morgan fingerprint density at radius 3 is 2.82 bits per heavy atom. The van der Waals surface area contributed by atoms with E-state index in [9.17, 15) is 4.79 Å². The van der Waals surface area contributed by atoms with Crippen molar-refractivity contribution < 1.29 is 19.4 Å². The van der Waals surface area contributed by atoms with Crippen molar-refractivity contribution in [3.05, 3.63) is 22.2 Å². The number of rotatable bonds is 2. The lowest BCUT2D eigenvalue weighted by molar-refractivity contribution is -0.138. The molecular weight excluding hydrogens is 290 g/mol. The number of carboxylic acids is 1. The average molecular weight is 302 g/mol. The highest BCUT2D eigenvalue weighted by Crippen LogP contribution is 2.40. The highest BCUT2D eigenvalue weighted by molar-refractivity contribution is 9.10. The van der Waals surface area contributed by atoms with Crippen LogP contribution in [0.2, 0.25) is 0 Å². The first-order valence-electron chi connectivity index (χ1n) is 5.17. The minimum absolute atomic E-state index is 0.414. The normalized spacial score (nSPS) is 16.1. The molecule has 0 spiro atoms. The van der Waals surface area contributed by atoms with Gasteiger partial charge in [-0.2, -0.15) is 0 Å². The van der Waals surface area contributed by atoms with Gasteiger partial charge in [-0.1, -0.05) is 15.9 Å². The van der Waals surface area contributed by atoms with Gasteiger partial charge in [0.1, 0.15) is 6.04 Å². The lowest BCUT2D eigenvalue weighted by atomic mass is 10.1. The zero-order valence-electron chi connectivity index (χ0n) is 8.98. The van der Waals surface area contributed by atoms with Crippen molar-refractivity contribution >= 4 is 21.9 Å². The summed E-state index contributed by atoms with van der Waals surface area (Å²) in [7, 11) is 0. The summed E-state index contributed by atoms with van der Waals surface area (Å²) in [6.45, 7) is 1.04. The van der Waals surface area contributed by atoms with Crippen molar-refractivity contribution in [3.8, 4) is 11.5 Å². The van der Waals surface area contributed by atoms with Crippen LogP contribution in [0.5, 0.6) is 11.5 Å². The van der Waals surface area contributed by atoms with E-state index in [0.717, 1.165) is 6.42 Å². The smallest absolute Gasteiger partial charge is 0.325 e. The Hall–Kier alpha value is -1.27. The zero-order valence-corrected chi connectivity index (χ0v) is 10.6. The Morgan fingerprint density at radius 1 is 1.41 bits per heavy atom. The molecule has 0 saturated heterocycles. The van der Waals surface area contributed by atoms with E-state index in [0.29, 0.717) is 34.7 Å². The topological polar surface area (TPSA) is 81.8 Å². The third-order valence-corrected chi connectivity index (χ3v) is 3.17. The van der Waals surface area contributed by atoms with Gasteiger partial charge in [0.25, 0.3) is 0 Å². The molecule has 0 aromatic heterocycles. The molecule has 92 valence electrons. The number of halogens is 1. The Bertz CT molecular complexity index is 449. The SMILES string of the molecule is NC(C(=O)O)c1c(Br)ccc2c1OCCCO2. The van der Waals surface area contributed by atoms with Crippen LogP contribution >= 0.6 is 15.9 Å². The van der Waals surface area contributed by atoms with Crippen molar-refractivity contribution in [1.82, 2.24) is 0 Å². The predicted octanol–water partition coefficient (Wildman–Crippen LogP) is 1.69. The van der Waals surface area contributed by atoms with Crippen molar-refractivity contribution in [2.75, 3.05) is 13.2 Å². The van der Waals surface area contributed by atoms with Crippen LogP contribution in [0.25, 0.3) is 0 Å². The molecule has 5 nitrogen and oxygen atoms in total. The minimum Gasteiger partial charge on any atom is -0.490 e. The summed E-state index contributed by atoms with van der Waals surface area (Å²) in [5.74, 6) is -0.142. The Labute approximate surface area is 107 Å². The number of hydrogen-bond acceptors (Lipinski definition) is 4.